The maximum Gasteiger partial charge on any atom is 0.0630 e. The number of nitrogens with zero attached hydrogens (tertiary/aromatic N) is 1. The fourth-order valence-electron chi connectivity index (χ4n) is 0.860. The number of rotatable bonds is 7. The van der Waals surface area contributed by atoms with E-state index in [0.29, 0.717) is 6.42 Å². The summed E-state index contributed by atoms with van der Waals surface area (Å²) in [5, 5.41) is 17.6. The largest absolute Gasteiger partial charge is 0.392 e. The molecule has 1 unspecified atom stereocenters. The van der Waals surface area contributed by atoms with Crippen LogP contribution in [0.4, 0.5) is 0 Å². The molecule has 0 aliphatic carbocycles. The molecule has 0 radical (unpaired) electrons. The number of aliphatic hydroxyl groups excluding tert-OH is 1. The number of hydrogen-bond donors (Lipinski definition) is 1. The van der Waals surface area contributed by atoms with E-state index >= 15 is 0 Å². The molecule has 1 atom stereocenters. The Balaban J connectivity index is 3.09. The van der Waals surface area contributed by atoms with Crippen LogP contribution in [0.25, 0.3) is 0 Å². The highest BCUT2D eigenvalue weighted by atomic mass is 32.2. The van der Waals surface area contributed by atoms with E-state index in [0.717, 1.165) is 30.8 Å². The number of hydrogen-bond acceptors (Lipinski definition) is 3. The van der Waals surface area contributed by atoms with Gasteiger partial charge < -0.3 is 5.11 Å². The zero-order valence-electron chi connectivity index (χ0n) is 7.62. The Morgan fingerprint density at radius 3 is 2.92 bits per heavy atom. The van der Waals surface area contributed by atoms with Crippen LogP contribution >= 0.6 is 11.8 Å². The molecule has 3 heteroatoms. The molecule has 0 saturated carbocycles. The molecule has 0 fully saturated rings. The molecule has 0 spiro atoms. The lowest BCUT2D eigenvalue weighted by atomic mass is 10.2. The van der Waals surface area contributed by atoms with Gasteiger partial charge in [-0.25, -0.2) is 0 Å². The molecule has 0 aromatic heterocycles. The highest BCUT2D eigenvalue weighted by molar-refractivity contribution is 7.99. The maximum atomic E-state index is 9.38. The Morgan fingerprint density at radius 2 is 2.33 bits per heavy atom. The van der Waals surface area contributed by atoms with Gasteiger partial charge in [-0.1, -0.05) is 19.8 Å². The van der Waals surface area contributed by atoms with Gasteiger partial charge in [-0.3, -0.25) is 0 Å². The van der Waals surface area contributed by atoms with Gasteiger partial charge in [0.2, 0.25) is 0 Å². The Morgan fingerprint density at radius 1 is 1.58 bits per heavy atom. The summed E-state index contributed by atoms with van der Waals surface area (Å²) in [6.07, 6.45) is 3.55. The third-order valence-electron chi connectivity index (χ3n) is 1.56. The lowest BCUT2D eigenvalue weighted by Gasteiger charge is -2.07. The minimum atomic E-state index is -0.173. The minimum Gasteiger partial charge on any atom is -0.392 e. The topological polar surface area (TPSA) is 44.0 Å². The molecule has 0 heterocycles. The minimum absolute atomic E-state index is 0.173. The van der Waals surface area contributed by atoms with Crippen LogP contribution in [0, 0.1) is 11.3 Å². The third kappa shape index (κ3) is 7.90. The molecule has 1 N–H and O–H groups in total. The van der Waals surface area contributed by atoms with Gasteiger partial charge in [0.1, 0.15) is 0 Å². The molecule has 0 aromatic rings. The first-order chi connectivity index (χ1) is 5.81. The summed E-state index contributed by atoms with van der Waals surface area (Å²) in [7, 11) is 0. The van der Waals surface area contributed by atoms with Crippen LogP contribution in [-0.2, 0) is 0 Å². The molecule has 0 aromatic carbocycles. The average molecular weight is 187 g/mol. The quantitative estimate of drug-likeness (QED) is 0.621. The van der Waals surface area contributed by atoms with Crippen molar-refractivity contribution in [1.29, 1.82) is 5.26 Å². The Hall–Kier alpha value is -0.200. The second-order valence-electron chi connectivity index (χ2n) is 2.78. The first-order valence-corrected chi connectivity index (χ1v) is 5.59. The van der Waals surface area contributed by atoms with Gasteiger partial charge in [-0.15, -0.1) is 0 Å². The van der Waals surface area contributed by atoms with E-state index in [-0.39, 0.29) is 6.10 Å². The molecular weight excluding hydrogens is 170 g/mol. The van der Waals surface area contributed by atoms with E-state index in [1.165, 1.54) is 0 Å². The van der Waals surface area contributed by atoms with Crippen LogP contribution in [0.5, 0.6) is 0 Å². The van der Waals surface area contributed by atoms with Gasteiger partial charge in [0, 0.05) is 17.9 Å². The predicted molar refractivity (Wildman–Crippen MR) is 53.1 cm³/mol. The SMILES string of the molecule is CCCCC(O)CSCCC#N. The molecule has 0 bridgehead atoms. The zero-order valence-corrected chi connectivity index (χ0v) is 8.44. The summed E-state index contributed by atoms with van der Waals surface area (Å²) >= 11 is 1.66. The maximum absolute atomic E-state index is 9.38. The summed E-state index contributed by atoms with van der Waals surface area (Å²) in [6, 6.07) is 2.08. The fraction of sp³-hybridized carbons (Fsp3) is 0.889. The average Bonchev–Trinajstić information content (AvgIpc) is 2.09. The third-order valence-corrected chi connectivity index (χ3v) is 2.67. The molecule has 12 heavy (non-hydrogen) atoms. The molecule has 2 nitrogen and oxygen atoms in total. The van der Waals surface area contributed by atoms with E-state index in [1.54, 1.807) is 11.8 Å². The van der Waals surface area contributed by atoms with Crippen LogP contribution in [0.2, 0.25) is 0 Å². The lowest BCUT2D eigenvalue weighted by molar-refractivity contribution is 0.186. The van der Waals surface area contributed by atoms with E-state index in [4.69, 9.17) is 5.26 Å². The van der Waals surface area contributed by atoms with Crippen LogP contribution in [0.3, 0.4) is 0 Å². The molecule has 0 amide bonds. The smallest absolute Gasteiger partial charge is 0.0630 e. The monoisotopic (exact) mass is 187 g/mol. The van der Waals surface area contributed by atoms with Crippen LogP contribution in [0.15, 0.2) is 0 Å². The van der Waals surface area contributed by atoms with Crippen LogP contribution < -0.4 is 0 Å². The Labute approximate surface area is 79.0 Å². The van der Waals surface area contributed by atoms with Crippen molar-refractivity contribution in [3.63, 3.8) is 0 Å². The van der Waals surface area contributed by atoms with Crippen molar-refractivity contribution in [2.45, 2.75) is 38.7 Å². The second kappa shape index (κ2) is 8.89. The summed E-state index contributed by atoms with van der Waals surface area (Å²) < 4.78 is 0. The first kappa shape index (κ1) is 11.8. The van der Waals surface area contributed by atoms with Crippen LogP contribution in [-0.4, -0.2) is 22.7 Å². The van der Waals surface area contributed by atoms with E-state index < -0.39 is 0 Å². The Bertz CT molecular complexity index is 133. The van der Waals surface area contributed by atoms with Gasteiger partial charge in [0.05, 0.1) is 12.2 Å². The molecule has 0 aliphatic heterocycles. The van der Waals surface area contributed by atoms with Crippen LogP contribution in [0.1, 0.15) is 32.6 Å². The standard InChI is InChI=1S/C9H17NOS/c1-2-3-5-9(11)8-12-7-4-6-10/h9,11H,2-5,7-8H2,1H3. The molecule has 70 valence electrons. The van der Waals surface area contributed by atoms with Gasteiger partial charge in [-0.05, 0) is 6.42 Å². The van der Waals surface area contributed by atoms with Gasteiger partial charge >= 0.3 is 0 Å². The van der Waals surface area contributed by atoms with Crippen molar-refractivity contribution in [3.8, 4) is 6.07 Å². The highest BCUT2D eigenvalue weighted by Crippen LogP contribution is 2.09. The molecule has 0 saturated heterocycles. The summed E-state index contributed by atoms with van der Waals surface area (Å²) in [5.74, 6) is 1.63. The number of aliphatic hydroxyl groups is 1. The van der Waals surface area contributed by atoms with Crippen molar-refractivity contribution in [2.24, 2.45) is 0 Å². The first-order valence-electron chi connectivity index (χ1n) is 4.44. The fourth-order valence-corrected chi connectivity index (χ4v) is 1.70. The molecule has 0 aliphatic rings. The number of unbranched alkanes of at least 4 members (excludes halogenated alkanes) is 1. The lowest BCUT2D eigenvalue weighted by Crippen LogP contribution is -2.09. The Kier molecular flexibility index (Phi) is 8.74. The number of nitriles is 1. The van der Waals surface area contributed by atoms with E-state index in [1.807, 2.05) is 0 Å². The van der Waals surface area contributed by atoms with Crippen molar-refractivity contribution in [1.82, 2.24) is 0 Å². The van der Waals surface area contributed by atoms with Crippen molar-refractivity contribution < 1.29 is 5.11 Å². The van der Waals surface area contributed by atoms with Crippen molar-refractivity contribution >= 4 is 11.8 Å². The zero-order chi connectivity index (χ0) is 9.23. The molecule has 0 rings (SSSR count). The predicted octanol–water partition coefficient (Wildman–Crippen LogP) is 2.18. The van der Waals surface area contributed by atoms with E-state index in [9.17, 15) is 5.11 Å². The summed E-state index contributed by atoms with van der Waals surface area (Å²) in [6.45, 7) is 2.12. The van der Waals surface area contributed by atoms with Gasteiger partial charge in [0.15, 0.2) is 0 Å². The van der Waals surface area contributed by atoms with E-state index in [2.05, 4.69) is 13.0 Å². The summed E-state index contributed by atoms with van der Waals surface area (Å²) in [5.41, 5.74) is 0. The molecular formula is C9H17NOS. The van der Waals surface area contributed by atoms with Gasteiger partial charge in [-0.2, -0.15) is 17.0 Å². The van der Waals surface area contributed by atoms with Gasteiger partial charge in [0.25, 0.3) is 0 Å². The van der Waals surface area contributed by atoms with Crippen molar-refractivity contribution in [3.05, 3.63) is 0 Å². The van der Waals surface area contributed by atoms with Crippen molar-refractivity contribution in [2.75, 3.05) is 11.5 Å². The summed E-state index contributed by atoms with van der Waals surface area (Å²) in [4.78, 5) is 0. The number of thioether (sulfide) groups is 1. The normalized spacial score (nSPS) is 12.4. The second-order valence-corrected chi connectivity index (χ2v) is 3.93. The highest BCUT2D eigenvalue weighted by Gasteiger charge is 2.02.